The first-order valence-corrected chi connectivity index (χ1v) is 9.34. The summed E-state index contributed by atoms with van der Waals surface area (Å²) in [5, 5.41) is 0. The highest BCUT2D eigenvalue weighted by atomic mass is 19.4. The number of aromatic nitrogens is 1. The van der Waals surface area contributed by atoms with Crippen molar-refractivity contribution in [3.63, 3.8) is 0 Å². The molecule has 0 bridgehead atoms. The summed E-state index contributed by atoms with van der Waals surface area (Å²) in [5.74, 6) is -3.81. The first kappa shape index (κ1) is 24.9. The van der Waals surface area contributed by atoms with Crippen LogP contribution < -0.4 is 9.64 Å². The number of methoxy groups -OCH3 is 1. The number of hydrogen-bond acceptors (Lipinski definition) is 3. The number of nitrogens with zero attached hydrogens (tertiary/aromatic N) is 2. The zero-order chi connectivity index (χ0) is 25.3. The molecule has 0 saturated heterocycles. The minimum Gasteiger partial charge on any atom is -0.496 e. The van der Waals surface area contributed by atoms with Crippen molar-refractivity contribution in [2.24, 2.45) is 0 Å². The highest BCUT2D eigenvalue weighted by Crippen LogP contribution is 2.38. The average molecular weight is 490 g/mol. The average Bonchev–Trinajstić information content (AvgIpc) is 2.75. The summed E-state index contributed by atoms with van der Waals surface area (Å²) in [6.45, 7) is -1.92. The molecule has 3 aromatic rings. The molecule has 3 rings (SSSR count). The van der Waals surface area contributed by atoms with E-state index in [4.69, 9.17) is 4.74 Å². The Morgan fingerprint density at radius 3 is 2.26 bits per heavy atom. The first-order valence-electron chi connectivity index (χ1n) is 9.34. The lowest BCUT2D eigenvalue weighted by Gasteiger charge is -2.26. The summed E-state index contributed by atoms with van der Waals surface area (Å²) < 4.78 is 112. The molecule has 34 heavy (non-hydrogen) atoms. The van der Waals surface area contributed by atoms with Crippen molar-refractivity contribution in [2.45, 2.75) is 12.4 Å². The van der Waals surface area contributed by atoms with Gasteiger partial charge in [0.15, 0.2) is 0 Å². The van der Waals surface area contributed by atoms with Crippen molar-refractivity contribution >= 4 is 11.6 Å². The normalized spacial score (nSPS) is 11.9. The molecule has 1 amide bonds. The molecule has 0 fully saturated rings. The molecule has 180 valence electrons. The van der Waals surface area contributed by atoms with E-state index < -0.39 is 53.3 Å². The SMILES string of the molecule is COc1cc(F)ccc1-c1ccncc1N(CC(F)(F)F)C(=O)c1cc(F)cc(C(F)(F)F)c1. The van der Waals surface area contributed by atoms with E-state index >= 15 is 0 Å². The Morgan fingerprint density at radius 1 is 0.941 bits per heavy atom. The molecule has 0 unspecified atom stereocenters. The topological polar surface area (TPSA) is 42.4 Å². The summed E-state index contributed by atoms with van der Waals surface area (Å²) in [7, 11) is 1.18. The molecule has 4 nitrogen and oxygen atoms in total. The molecule has 12 heteroatoms. The van der Waals surface area contributed by atoms with Crippen molar-refractivity contribution < 1.29 is 44.7 Å². The first-order chi connectivity index (χ1) is 15.8. The summed E-state index contributed by atoms with van der Waals surface area (Å²) in [5.41, 5.74) is -2.95. The Labute approximate surface area is 187 Å². The predicted molar refractivity (Wildman–Crippen MR) is 105 cm³/mol. The molecular formula is C22H14F8N2O2. The van der Waals surface area contributed by atoms with Gasteiger partial charge in [0.2, 0.25) is 0 Å². The smallest absolute Gasteiger partial charge is 0.416 e. The lowest BCUT2D eigenvalue weighted by molar-refractivity contribution is -0.137. The van der Waals surface area contributed by atoms with Crippen LogP contribution >= 0.6 is 0 Å². The van der Waals surface area contributed by atoms with E-state index in [1.807, 2.05) is 0 Å². The second-order valence-electron chi connectivity index (χ2n) is 6.97. The van der Waals surface area contributed by atoms with Crippen molar-refractivity contribution in [1.82, 2.24) is 4.98 Å². The van der Waals surface area contributed by atoms with Crippen LogP contribution in [0.15, 0.2) is 54.9 Å². The van der Waals surface area contributed by atoms with E-state index in [-0.39, 0.29) is 33.9 Å². The minimum atomic E-state index is -5.05. The molecule has 2 aromatic carbocycles. The number of ether oxygens (including phenoxy) is 1. The van der Waals surface area contributed by atoms with Crippen LogP contribution in [0.4, 0.5) is 40.8 Å². The van der Waals surface area contributed by atoms with Gasteiger partial charge in [-0.3, -0.25) is 14.7 Å². The second-order valence-corrected chi connectivity index (χ2v) is 6.97. The standard InChI is InChI=1S/C22H14F8N2O2/c1-34-19-9-14(23)2-3-17(19)16-4-5-31-10-18(16)32(11-21(25,26)27)20(33)12-6-13(22(28,29)30)8-15(24)7-12/h2-10H,11H2,1H3. The van der Waals surface area contributed by atoms with Gasteiger partial charge in [-0.25, -0.2) is 8.78 Å². The molecule has 0 aliphatic carbocycles. The zero-order valence-electron chi connectivity index (χ0n) is 17.1. The number of halogens is 8. The molecule has 0 spiro atoms. The van der Waals surface area contributed by atoms with Gasteiger partial charge in [0.05, 0.1) is 24.6 Å². The summed E-state index contributed by atoms with van der Waals surface area (Å²) in [4.78, 5) is 16.9. The van der Waals surface area contributed by atoms with E-state index in [1.54, 1.807) is 0 Å². The maximum Gasteiger partial charge on any atom is 0.416 e. The molecule has 0 atom stereocenters. The van der Waals surface area contributed by atoms with Gasteiger partial charge in [-0.1, -0.05) is 0 Å². The van der Waals surface area contributed by atoms with E-state index in [9.17, 15) is 39.9 Å². The number of carbonyl (C=O) groups is 1. The molecule has 1 heterocycles. The van der Waals surface area contributed by atoms with Crippen LogP contribution in [-0.2, 0) is 6.18 Å². The third kappa shape index (κ3) is 5.61. The Balaban J connectivity index is 2.20. The second kappa shape index (κ2) is 9.27. The molecule has 0 N–H and O–H groups in total. The number of amides is 1. The number of anilines is 1. The highest BCUT2D eigenvalue weighted by Gasteiger charge is 2.37. The molecule has 0 aliphatic heterocycles. The van der Waals surface area contributed by atoms with Crippen LogP contribution in [0.2, 0.25) is 0 Å². The third-order valence-corrected chi connectivity index (χ3v) is 4.60. The Morgan fingerprint density at radius 2 is 1.65 bits per heavy atom. The summed E-state index contributed by atoms with van der Waals surface area (Å²) >= 11 is 0. The van der Waals surface area contributed by atoms with Gasteiger partial charge in [-0.05, 0) is 36.4 Å². The van der Waals surface area contributed by atoms with E-state index in [0.29, 0.717) is 6.07 Å². The van der Waals surface area contributed by atoms with E-state index in [0.717, 1.165) is 18.3 Å². The fourth-order valence-electron chi connectivity index (χ4n) is 3.19. The predicted octanol–water partition coefficient (Wildman–Crippen LogP) is 6.26. The third-order valence-electron chi connectivity index (χ3n) is 4.60. The van der Waals surface area contributed by atoms with Crippen molar-refractivity contribution in [2.75, 3.05) is 18.6 Å². The number of benzene rings is 2. The van der Waals surface area contributed by atoms with Gasteiger partial charge < -0.3 is 4.74 Å². The maximum absolute atomic E-state index is 13.8. The molecule has 0 aliphatic rings. The van der Waals surface area contributed by atoms with Gasteiger partial charge in [0.25, 0.3) is 5.91 Å². The molecular weight excluding hydrogens is 476 g/mol. The fourth-order valence-corrected chi connectivity index (χ4v) is 3.19. The van der Waals surface area contributed by atoms with Gasteiger partial charge in [0, 0.05) is 29.0 Å². The maximum atomic E-state index is 13.8. The number of carbonyl (C=O) groups excluding carboxylic acids is 1. The number of rotatable bonds is 5. The van der Waals surface area contributed by atoms with Crippen LogP contribution in [-0.4, -0.2) is 30.7 Å². The van der Waals surface area contributed by atoms with Crippen LogP contribution in [0.25, 0.3) is 11.1 Å². The largest absolute Gasteiger partial charge is 0.496 e. The lowest BCUT2D eigenvalue weighted by Crippen LogP contribution is -2.39. The Hall–Kier alpha value is -3.70. The summed E-state index contributed by atoms with van der Waals surface area (Å²) in [6, 6.07) is 5.13. The quantitative estimate of drug-likeness (QED) is 0.397. The van der Waals surface area contributed by atoms with Crippen LogP contribution in [0.1, 0.15) is 15.9 Å². The zero-order valence-corrected chi connectivity index (χ0v) is 17.1. The Bertz CT molecular complexity index is 1210. The number of alkyl halides is 6. The number of pyridine rings is 1. The monoisotopic (exact) mass is 490 g/mol. The van der Waals surface area contributed by atoms with Crippen LogP contribution in [0, 0.1) is 11.6 Å². The highest BCUT2D eigenvalue weighted by molar-refractivity contribution is 6.08. The van der Waals surface area contributed by atoms with Crippen molar-refractivity contribution in [1.29, 1.82) is 0 Å². The number of hydrogen-bond donors (Lipinski definition) is 0. The van der Waals surface area contributed by atoms with Gasteiger partial charge in [-0.15, -0.1) is 0 Å². The Kier molecular flexibility index (Phi) is 6.80. The van der Waals surface area contributed by atoms with Gasteiger partial charge >= 0.3 is 12.4 Å². The van der Waals surface area contributed by atoms with Gasteiger partial charge in [-0.2, -0.15) is 26.3 Å². The molecule has 1 aromatic heterocycles. The van der Waals surface area contributed by atoms with Crippen molar-refractivity contribution in [3.05, 3.63) is 77.6 Å². The van der Waals surface area contributed by atoms with Crippen LogP contribution in [0.5, 0.6) is 5.75 Å². The lowest BCUT2D eigenvalue weighted by atomic mass is 10.0. The molecule has 0 radical (unpaired) electrons. The van der Waals surface area contributed by atoms with Crippen molar-refractivity contribution in [3.8, 4) is 16.9 Å². The minimum absolute atomic E-state index is 0.0584. The van der Waals surface area contributed by atoms with E-state index in [2.05, 4.69) is 4.98 Å². The van der Waals surface area contributed by atoms with Crippen LogP contribution in [0.3, 0.4) is 0 Å². The summed E-state index contributed by atoms with van der Waals surface area (Å²) in [6.07, 6.45) is -7.98. The molecule has 0 saturated carbocycles. The fraction of sp³-hybridized carbons (Fsp3) is 0.182. The van der Waals surface area contributed by atoms with E-state index in [1.165, 1.54) is 25.4 Å². The van der Waals surface area contributed by atoms with Gasteiger partial charge in [0.1, 0.15) is 23.9 Å².